The minimum absolute atomic E-state index is 0.705. The molecule has 0 saturated carbocycles. The van der Waals surface area contributed by atoms with Crippen LogP contribution in [-0.2, 0) is 0 Å². The Labute approximate surface area is 117 Å². The molecular weight excluding hydrogens is 248 g/mol. The van der Waals surface area contributed by atoms with E-state index in [0.717, 1.165) is 22.6 Å². The van der Waals surface area contributed by atoms with Crippen molar-refractivity contribution in [1.29, 1.82) is 0 Å². The zero-order chi connectivity index (χ0) is 13.8. The monoisotopic (exact) mass is 262 g/mol. The van der Waals surface area contributed by atoms with Crippen molar-refractivity contribution in [2.45, 2.75) is 0 Å². The molecule has 20 heavy (non-hydrogen) atoms. The Morgan fingerprint density at radius 2 is 1.70 bits per heavy atom. The molecule has 0 aliphatic carbocycles. The van der Waals surface area contributed by atoms with Crippen molar-refractivity contribution in [3.63, 3.8) is 0 Å². The van der Waals surface area contributed by atoms with Crippen LogP contribution in [0.2, 0.25) is 0 Å². The fraction of sp³-hybridized carbons (Fsp3) is 0.0625. The average Bonchev–Trinajstić information content (AvgIpc) is 2.56. The molecule has 0 radical (unpaired) electrons. The van der Waals surface area contributed by atoms with Gasteiger partial charge in [0.05, 0.1) is 5.69 Å². The number of aromatic nitrogens is 3. The topological polar surface area (TPSA) is 50.7 Å². The number of anilines is 1. The number of benzene rings is 1. The Bertz CT molecular complexity index is 638. The molecule has 0 atom stereocenters. The first-order valence-electron chi connectivity index (χ1n) is 6.39. The maximum absolute atomic E-state index is 4.63. The van der Waals surface area contributed by atoms with Crippen LogP contribution < -0.4 is 5.32 Å². The van der Waals surface area contributed by atoms with Crippen LogP contribution in [0, 0.1) is 0 Å². The third-order valence-electron chi connectivity index (χ3n) is 2.97. The summed E-state index contributed by atoms with van der Waals surface area (Å²) in [5.41, 5.74) is 2.83. The first-order valence-corrected chi connectivity index (χ1v) is 6.39. The van der Waals surface area contributed by atoms with Crippen LogP contribution in [0.3, 0.4) is 0 Å². The van der Waals surface area contributed by atoms with Crippen molar-refractivity contribution in [3.05, 3.63) is 60.9 Å². The van der Waals surface area contributed by atoms with E-state index >= 15 is 0 Å². The molecule has 0 spiro atoms. The maximum Gasteiger partial charge on any atom is 0.162 e. The van der Waals surface area contributed by atoms with Crippen molar-refractivity contribution >= 4 is 5.82 Å². The second kappa shape index (κ2) is 5.48. The molecule has 98 valence electrons. The zero-order valence-electron chi connectivity index (χ0n) is 11.1. The van der Waals surface area contributed by atoms with Gasteiger partial charge in [-0.3, -0.25) is 4.98 Å². The molecule has 1 aromatic carbocycles. The normalized spacial score (nSPS) is 10.2. The van der Waals surface area contributed by atoms with E-state index in [1.165, 1.54) is 0 Å². The molecule has 2 aromatic heterocycles. The zero-order valence-corrected chi connectivity index (χ0v) is 11.1. The minimum Gasteiger partial charge on any atom is -0.373 e. The van der Waals surface area contributed by atoms with Gasteiger partial charge in [-0.2, -0.15) is 0 Å². The summed E-state index contributed by atoms with van der Waals surface area (Å²) in [6.07, 6.45) is 3.55. The van der Waals surface area contributed by atoms with Gasteiger partial charge in [-0.15, -0.1) is 0 Å². The standard InChI is InChI=1S/C16H14N4/c1-17-15-10-14(13-8-5-9-18-11-13)19-16(20-15)12-6-3-2-4-7-12/h2-11H,1H3,(H,17,19,20). The van der Waals surface area contributed by atoms with Crippen molar-refractivity contribution < 1.29 is 0 Å². The summed E-state index contributed by atoms with van der Waals surface area (Å²) in [5, 5.41) is 3.08. The molecule has 3 aromatic rings. The van der Waals surface area contributed by atoms with E-state index < -0.39 is 0 Å². The smallest absolute Gasteiger partial charge is 0.162 e. The van der Waals surface area contributed by atoms with Gasteiger partial charge in [0.15, 0.2) is 5.82 Å². The summed E-state index contributed by atoms with van der Waals surface area (Å²) in [4.78, 5) is 13.3. The number of nitrogens with zero attached hydrogens (tertiary/aromatic N) is 3. The second-order valence-corrected chi connectivity index (χ2v) is 4.32. The van der Waals surface area contributed by atoms with Gasteiger partial charge >= 0.3 is 0 Å². The highest BCUT2D eigenvalue weighted by Crippen LogP contribution is 2.23. The lowest BCUT2D eigenvalue weighted by Crippen LogP contribution is -1.98. The van der Waals surface area contributed by atoms with Crippen LogP contribution in [0.4, 0.5) is 5.82 Å². The lowest BCUT2D eigenvalue weighted by Gasteiger charge is -2.07. The maximum atomic E-state index is 4.63. The Morgan fingerprint density at radius 3 is 2.40 bits per heavy atom. The van der Waals surface area contributed by atoms with E-state index in [1.807, 2.05) is 55.6 Å². The summed E-state index contributed by atoms with van der Waals surface area (Å²) in [6.45, 7) is 0. The fourth-order valence-corrected chi connectivity index (χ4v) is 1.95. The van der Waals surface area contributed by atoms with Crippen LogP contribution in [0.25, 0.3) is 22.6 Å². The van der Waals surface area contributed by atoms with Crippen LogP contribution >= 0.6 is 0 Å². The minimum atomic E-state index is 0.705. The SMILES string of the molecule is CNc1cc(-c2cccnc2)nc(-c2ccccc2)n1. The van der Waals surface area contributed by atoms with Gasteiger partial charge in [0.1, 0.15) is 5.82 Å². The van der Waals surface area contributed by atoms with Crippen LogP contribution in [-0.4, -0.2) is 22.0 Å². The molecule has 0 unspecified atom stereocenters. The van der Waals surface area contributed by atoms with Crippen LogP contribution in [0.1, 0.15) is 0 Å². The number of hydrogen-bond acceptors (Lipinski definition) is 4. The third kappa shape index (κ3) is 2.49. The molecule has 0 bridgehead atoms. The molecule has 4 heteroatoms. The predicted molar refractivity (Wildman–Crippen MR) is 80.2 cm³/mol. The summed E-state index contributed by atoms with van der Waals surface area (Å²) in [5.74, 6) is 1.49. The van der Waals surface area contributed by atoms with Gasteiger partial charge < -0.3 is 5.32 Å². The Morgan fingerprint density at radius 1 is 0.900 bits per heavy atom. The molecule has 1 N–H and O–H groups in total. The predicted octanol–water partition coefficient (Wildman–Crippen LogP) is 3.25. The molecule has 0 aliphatic rings. The molecule has 0 amide bonds. The summed E-state index contributed by atoms with van der Waals surface area (Å²) >= 11 is 0. The second-order valence-electron chi connectivity index (χ2n) is 4.32. The fourth-order valence-electron chi connectivity index (χ4n) is 1.95. The Hall–Kier alpha value is -2.75. The highest BCUT2D eigenvalue weighted by molar-refractivity contribution is 5.66. The number of nitrogens with one attached hydrogen (secondary N) is 1. The van der Waals surface area contributed by atoms with Crippen molar-refractivity contribution in [2.24, 2.45) is 0 Å². The van der Waals surface area contributed by atoms with E-state index in [1.54, 1.807) is 12.4 Å². The largest absolute Gasteiger partial charge is 0.373 e. The van der Waals surface area contributed by atoms with Crippen molar-refractivity contribution in [2.75, 3.05) is 12.4 Å². The van der Waals surface area contributed by atoms with E-state index in [4.69, 9.17) is 0 Å². The molecule has 2 heterocycles. The number of hydrogen-bond donors (Lipinski definition) is 1. The number of pyridine rings is 1. The average molecular weight is 262 g/mol. The van der Waals surface area contributed by atoms with E-state index in [2.05, 4.69) is 20.3 Å². The highest BCUT2D eigenvalue weighted by Gasteiger charge is 2.07. The summed E-state index contributed by atoms with van der Waals surface area (Å²) in [6, 6.07) is 15.8. The summed E-state index contributed by atoms with van der Waals surface area (Å²) in [7, 11) is 1.85. The first-order chi connectivity index (χ1) is 9.86. The van der Waals surface area contributed by atoms with E-state index in [-0.39, 0.29) is 0 Å². The van der Waals surface area contributed by atoms with Crippen LogP contribution in [0.15, 0.2) is 60.9 Å². The van der Waals surface area contributed by atoms with Gasteiger partial charge in [0, 0.05) is 36.6 Å². The van der Waals surface area contributed by atoms with Crippen molar-refractivity contribution in [3.8, 4) is 22.6 Å². The van der Waals surface area contributed by atoms with E-state index in [0.29, 0.717) is 5.82 Å². The lowest BCUT2D eigenvalue weighted by molar-refractivity contribution is 1.16. The summed E-state index contributed by atoms with van der Waals surface area (Å²) < 4.78 is 0. The van der Waals surface area contributed by atoms with Crippen LogP contribution in [0.5, 0.6) is 0 Å². The Balaban J connectivity index is 2.13. The van der Waals surface area contributed by atoms with Gasteiger partial charge in [-0.05, 0) is 12.1 Å². The molecule has 0 saturated heterocycles. The quantitative estimate of drug-likeness (QED) is 0.787. The van der Waals surface area contributed by atoms with Gasteiger partial charge in [-0.25, -0.2) is 9.97 Å². The molecular formula is C16H14N4. The van der Waals surface area contributed by atoms with E-state index in [9.17, 15) is 0 Å². The molecule has 3 rings (SSSR count). The van der Waals surface area contributed by atoms with Gasteiger partial charge in [-0.1, -0.05) is 30.3 Å². The van der Waals surface area contributed by atoms with Gasteiger partial charge in [0.25, 0.3) is 0 Å². The third-order valence-corrected chi connectivity index (χ3v) is 2.97. The number of rotatable bonds is 3. The lowest BCUT2D eigenvalue weighted by atomic mass is 10.1. The molecule has 4 nitrogen and oxygen atoms in total. The van der Waals surface area contributed by atoms with Gasteiger partial charge in [0.2, 0.25) is 0 Å². The van der Waals surface area contributed by atoms with Crippen molar-refractivity contribution in [1.82, 2.24) is 15.0 Å². The highest BCUT2D eigenvalue weighted by atomic mass is 15.0. The molecule has 0 aliphatic heterocycles. The molecule has 0 fully saturated rings. The Kier molecular flexibility index (Phi) is 3.37. The first kappa shape index (κ1) is 12.3.